The summed E-state index contributed by atoms with van der Waals surface area (Å²) < 4.78 is 70.8. The fourth-order valence-electron chi connectivity index (χ4n) is 2.79. The summed E-state index contributed by atoms with van der Waals surface area (Å²) in [5, 5.41) is 0. The molecule has 0 radical (unpaired) electrons. The van der Waals surface area contributed by atoms with E-state index in [1.807, 2.05) is 0 Å². The molecule has 0 amide bonds. The molecule has 0 saturated carbocycles. The number of ether oxygens (including phenoxy) is 7. The molecule has 0 unspecified atom stereocenters. The van der Waals surface area contributed by atoms with E-state index in [1.165, 1.54) is 0 Å². The lowest BCUT2D eigenvalue weighted by Crippen LogP contribution is -2.63. The van der Waals surface area contributed by atoms with Crippen molar-refractivity contribution in [3.8, 4) is 0 Å². The Bertz CT molecular complexity index is 825. The van der Waals surface area contributed by atoms with Gasteiger partial charge in [-0.2, -0.15) is 13.2 Å². The molecule has 13 nitrogen and oxygen atoms in total. The quantitative estimate of drug-likeness (QED) is 0.230. The first kappa shape index (κ1) is 29.6. The number of rotatable bonds is 9. The number of carbonyl (C=O) groups excluding carboxylic acids is 6. The van der Waals surface area contributed by atoms with Gasteiger partial charge in [0.05, 0.1) is 0 Å². The van der Waals surface area contributed by atoms with E-state index in [1.54, 1.807) is 0 Å². The van der Waals surface area contributed by atoms with Gasteiger partial charge >= 0.3 is 42.0 Å². The molecule has 1 aliphatic rings. The monoisotopic (exact) mass is 516 g/mol. The van der Waals surface area contributed by atoms with Gasteiger partial charge in [0.15, 0.2) is 18.8 Å². The van der Waals surface area contributed by atoms with Crippen LogP contribution in [0.1, 0.15) is 34.1 Å². The predicted octanol–water partition coefficient (Wildman–Crippen LogP) is 0.108. The third kappa shape index (κ3) is 11.0. The molecule has 1 heterocycles. The molecule has 5 atom stereocenters. The maximum atomic E-state index is 12.2. The Morgan fingerprint density at radius 3 is 1.69 bits per heavy atom. The van der Waals surface area contributed by atoms with Crippen molar-refractivity contribution in [1.82, 2.24) is 0 Å². The van der Waals surface area contributed by atoms with Gasteiger partial charge in [0, 0.05) is 27.7 Å². The van der Waals surface area contributed by atoms with Crippen LogP contribution in [0.25, 0.3) is 0 Å². The highest BCUT2D eigenvalue weighted by Gasteiger charge is 2.53. The summed E-state index contributed by atoms with van der Waals surface area (Å²) in [6.45, 7) is 1.37. The van der Waals surface area contributed by atoms with Crippen LogP contribution in [0, 0.1) is 0 Å². The smallest absolute Gasteiger partial charge is 0.422 e. The minimum atomic E-state index is -4.83. The summed E-state index contributed by atoms with van der Waals surface area (Å²) >= 11 is 0. The average molecular weight is 516 g/mol. The molecule has 1 fully saturated rings. The second kappa shape index (κ2) is 12.9. The zero-order valence-corrected chi connectivity index (χ0v) is 18.9. The molecular weight excluding hydrogens is 493 g/mol. The highest BCUT2D eigenvalue weighted by atomic mass is 19.4. The summed E-state index contributed by atoms with van der Waals surface area (Å²) in [5.74, 6) is -6.66. The molecule has 0 N–H and O–H groups in total. The van der Waals surface area contributed by atoms with E-state index in [-0.39, 0.29) is 0 Å². The van der Waals surface area contributed by atoms with Crippen LogP contribution in [-0.2, 0) is 61.9 Å². The Labute approximate surface area is 196 Å². The Balaban J connectivity index is 3.20. The lowest BCUT2D eigenvalue weighted by atomic mass is 9.98. The van der Waals surface area contributed by atoms with Crippen LogP contribution < -0.4 is 0 Å². The normalized spacial score (nSPS) is 23.9. The number of halogens is 3. The Kier molecular flexibility index (Phi) is 10.9. The maximum absolute atomic E-state index is 12.2. The van der Waals surface area contributed by atoms with Gasteiger partial charge in [0.1, 0.15) is 19.1 Å². The molecule has 0 aromatic carbocycles. The fraction of sp³-hybridized carbons (Fsp3) is 0.684. The van der Waals surface area contributed by atoms with Crippen LogP contribution in [-0.4, -0.2) is 85.9 Å². The van der Waals surface area contributed by atoms with Crippen molar-refractivity contribution in [2.45, 2.75) is 71.0 Å². The van der Waals surface area contributed by atoms with E-state index in [0.717, 1.165) is 27.7 Å². The minimum Gasteiger partial charge on any atom is -0.463 e. The van der Waals surface area contributed by atoms with E-state index in [0.29, 0.717) is 0 Å². The topological polar surface area (TPSA) is 167 Å². The Hall–Kier alpha value is -3.43. The van der Waals surface area contributed by atoms with Gasteiger partial charge < -0.3 is 33.2 Å². The fourth-order valence-corrected chi connectivity index (χ4v) is 2.79. The molecule has 0 bridgehead atoms. The van der Waals surface area contributed by atoms with Crippen molar-refractivity contribution in [1.29, 1.82) is 0 Å². The maximum Gasteiger partial charge on any atom is 0.422 e. The summed E-state index contributed by atoms with van der Waals surface area (Å²) in [6.07, 6.45) is -14.4. The number of hydrogen-bond acceptors (Lipinski definition) is 13. The van der Waals surface area contributed by atoms with Crippen molar-refractivity contribution < 1.29 is 75.1 Å². The van der Waals surface area contributed by atoms with Gasteiger partial charge in [0.2, 0.25) is 12.4 Å². The summed E-state index contributed by atoms with van der Waals surface area (Å²) in [7, 11) is 0. The summed E-state index contributed by atoms with van der Waals surface area (Å²) in [4.78, 5) is 69.8. The molecule has 0 spiro atoms. The standard InChI is InChI=1S/C19H23F3O13/c1-8(23)29-6-12-15(31-9(2)24)16(32-10(3)25)17(33-11(4)26)18(34-12)35-14(28)5-13(27)30-7-19(20,21)22/h12,15-18H,5-7H2,1-4H3/t12-,15-,16+,17+,18-/m1/s1. The number of esters is 6. The zero-order valence-electron chi connectivity index (χ0n) is 18.9. The lowest BCUT2D eigenvalue weighted by molar-refractivity contribution is -0.300. The largest absolute Gasteiger partial charge is 0.463 e. The molecule has 1 aliphatic heterocycles. The van der Waals surface area contributed by atoms with Crippen molar-refractivity contribution in [2.75, 3.05) is 13.2 Å². The van der Waals surface area contributed by atoms with E-state index in [2.05, 4.69) is 4.74 Å². The van der Waals surface area contributed by atoms with Gasteiger partial charge in [-0.1, -0.05) is 0 Å². The van der Waals surface area contributed by atoms with Gasteiger partial charge in [-0.3, -0.25) is 28.8 Å². The SMILES string of the molecule is CC(=O)OC[C@H]1O[C@H](OC(=O)CC(=O)OCC(F)(F)F)[C@@H](OC(C)=O)[C@@H](OC(C)=O)[C@@H]1OC(C)=O. The van der Waals surface area contributed by atoms with E-state index in [9.17, 15) is 41.9 Å². The van der Waals surface area contributed by atoms with E-state index in [4.69, 9.17) is 28.4 Å². The van der Waals surface area contributed by atoms with Crippen LogP contribution in [0.2, 0.25) is 0 Å². The average Bonchev–Trinajstić information content (AvgIpc) is 2.67. The Morgan fingerprint density at radius 1 is 0.686 bits per heavy atom. The molecule has 16 heteroatoms. The van der Waals surface area contributed by atoms with Gasteiger partial charge in [-0.15, -0.1) is 0 Å². The molecule has 0 aromatic rings. The highest BCUT2D eigenvalue weighted by Crippen LogP contribution is 2.30. The molecule has 1 rings (SSSR count). The van der Waals surface area contributed by atoms with Gasteiger partial charge in [-0.05, 0) is 0 Å². The Morgan fingerprint density at radius 2 is 1.20 bits per heavy atom. The first-order valence-corrected chi connectivity index (χ1v) is 9.81. The third-order valence-electron chi connectivity index (χ3n) is 3.88. The van der Waals surface area contributed by atoms with Crippen molar-refractivity contribution in [3.05, 3.63) is 0 Å². The van der Waals surface area contributed by atoms with Crippen LogP contribution in [0.5, 0.6) is 0 Å². The number of hydrogen-bond donors (Lipinski definition) is 0. The van der Waals surface area contributed by atoms with Crippen molar-refractivity contribution >= 4 is 35.8 Å². The second-order valence-electron chi connectivity index (χ2n) is 7.01. The summed E-state index contributed by atoms with van der Waals surface area (Å²) in [6, 6.07) is 0. The highest BCUT2D eigenvalue weighted by molar-refractivity contribution is 5.91. The molecule has 198 valence electrons. The lowest BCUT2D eigenvalue weighted by Gasteiger charge is -2.43. The molecule has 1 saturated heterocycles. The molecule has 0 aromatic heterocycles. The number of alkyl halides is 3. The van der Waals surface area contributed by atoms with Crippen LogP contribution in [0.3, 0.4) is 0 Å². The van der Waals surface area contributed by atoms with E-state index >= 15 is 0 Å². The predicted molar refractivity (Wildman–Crippen MR) is 99.7 cm³/mol. The zero-order chi connectivity index (χ0) is 26.9. The first-order chi connectivity index (χ1) is 16.1. The number of carbonyl (C=O) groups is 6. The van der Waals surface area contributed by atoms with Crippen LogP contribution >= 0.6 is 0 Å². The van der Waals surface area contributed by atoms with Crippen molar-refractivity contribution in [2.24, 2.45) is 0 Å². The van der Waals surface area contributed by atoms with E-state index < -0.39 is 92.3 Å². The third-order valence-corrected chi connectivity index (χ3v) is 3.88. The molecule has 35 heavy (non-hydrogen) atoms. The van der Waals surface area contributed by atoms with Gasteiger partial charge in [0.25, 0.3) is 0 Å². The second-order valence-corrected chi connectivity index (χ2v) is 7.01. The van der Waals surface area contributed by atoms with Gasteiger partial charge in [-0.25, -0.2) is 0 Å². The molecule has 0 aliphatic carbocycles. The molecular formula is C19H23F3O13. The minimum absolute atomic E-state index is 0.612. The van der Waals surface area contributed by atoms with Crippen LogP contribution in [0.4, 0.5) is 13.2 Å². The summed E-state index contributed by atoms with van der Waals surface area (Å²) in [5.41, 5.74) is 0. The first-order valence-electron chi connectivity index (χ1n) is 9.81. The van der Waals surface area contributed by atoms with Crippen LogP contribution in [0.15, 0.2) is 0 Å². The van der Waals surface area contributed by atoms with Crippen molar-refractivity contribution in [3.63, 3.8) is 0 Å².